The molecule has 1 aromatic carbocycles. The van der Waals surface area contributed by atoms with E-state index < -0.39 is 0 Å². The first-order chi connectivity index (χ1) is 11.6. The molecule has 5 nitrogen and oxygen atoms in total. The first-order valence-electron chi connectivity index (χ1n) is 8.37. The summed E-state index contributed by atoms with van der Waals surface area (Å²) in [7, 11) is 0. The molecule has 1 aromatic heterocycles. The number of benzene rings is 1. The summed E-state index contributed by atoms with van der Waals surface area (Å²) in [5.41, 5.74) is 1.44. The highest BCUT2D eigenvalue weighted by Crippen LogP contribution is 2.30. The van der Waals surface area contributed by atoms with Crippen LogP contribution in [-0.4, -0.2) is 28.1 Å². The highest BCUT2D eigenvalue weighted by molar-refractivity contribution is 6.31. The molecule has 0 radical (unpaired) electrons. The van der Waals surface area contributed by atoms with Crippen LogP contribution in [0.5, 0.6) is 5.75 Å². The topological polar surface area (TPSA) is 56.1 Å². The van der Waals surface area contributed by atoms with Crippen LogP contribution in [0.3, 0.4) is 0 Å². The highest BCUT2D eigenvalue weighted by atomic mass is 35.5. The van der Waals surface area contributed by atoms with E-state index in [1.807, 2.05) is 24.4 Å². The maximum Gasteiger partial charge on any atom is 0.271 e. The molecule has 0 fully saturated rings. The van der Waals surface area contributed by atoms with Gasteiger partial charge in [0.1, 0.15) is 23.9 Å². The van der Waals surface area contributed by atoms with Gasteiger partial charge in [0.15, 0.2) is 0 Å². The number of hydrogen-bond donors (Lipinski definition) is 1. The van der Waals surface area contributed by atoms with E-state index in [4.69, 9.17) is 16.3 Å². The molecule has 2 aromatic rings. The number of amides is 1. The second kappa shape index (κ2) is 6.13. The number of ether oxygens (including phenoxy) is 1. The molecule has 126 valence electrons. The zero-order valence-corrected chi connectivity index (χ0v) is 14.3. The number of imidazole rings is 1. The molecule has 0 spiro atoms. The molecule has 24 heavy (non-hydrogen) atoms. The number of rotatable bonds is 2. The SMILES string of the molecule is CC1CCc2nc(C(=O)NC3COc4cccc(Cl)c4C3)cn2C1. The predicted molar refractivity (Wildman–Crippen MR) is 91.6 cm³/mol. The summed E-state index contributed by atoms with van der Waals surface area (Å²) in [6.07, 6.45) is 4.60. The van der Waals surface area contributed by atoms with Gasteiger partial charge in [-0.25, -0.2) is 4.98 Å². The molecule has 4 rings (SSSR count). The van der Waals surface area contributed by atoms with Crippen LogP contribution in [0.1, 0.15) is 35.2 Å². The van der Waals surface area contributed by atoms with Crippen LogP contribution in [-0.2, 0) is 19.4 Å². The fraction of sp³-hybridized carbons (Fsp3) is 0.444. The first-order valence-corrected chi connectivity index (χ1v) is 8.75. The Balaban J connectivity index is 1.46. The number of aryl methyl sites for hydroxylation is 1. The van der Waals surface area contributed by atoms with E-state index in [1.54, 1.807) is 0 Å². The van der Waals surface area contributed by atoms with Gasteiger partial charge < -0.3 is 14.6 Å². The van der Waals surface area contributed by atoms with Crippen LogP contribution in [0.25, 0.3) is 0 Å². The number of nitrogens with one attached hydrogen (secondary N) is 1. The lowest BCUT2D eigenvalue weighted by Crippen LogP contribution is -2.43. The monoisotopic (exact) mass is 345 g/mol. The van der Waals surface area contributed by atoms with Crippen LogP contribution in [0.2, 0.25) is 5.02 Å². The second-order valence-electron chi connectivity index (χ2n) is 6.74. The van der Waals surface area contributed by atoms with Crippen molar-refractivity contribution in [1.82, 2.24) is 14.9 Å². The Labute approximate surface area is 146 Å². The summed E-state index contributed by atoms with van der Waals surface area (Å²) >= 11 is 6.23. The zero-order chi connectivity index (χ0) is 16.7. The summed E-state index contributed by atoms with van der Waals surface area (Å²) in [5.74, 6) is 2.30. The van der Waals surface area contributed by atoms with E-state index in [9.17, 15) is 4.79 Å². The molecule has 1 N–H and O–H groups in total. The van der Waals surface area contributed by atoms with Gasteiger partial charge in [-0.05, 0) is 24.5 Å². The Morgan fingerprint density at radius 1 is 1.46 bits per heavy atom. The summed E-state index contributed by atoms with van der Waals surface area (Å²) in [6, 6.07) is 5.53. The van der Waals surface area contributed by atoms with Gasteiger partial charge in [0.05, 0.1) is 6.04 Å². The van der Waals surface area contributed by atoms with Gasteiger partial charge in [-0.1, -0.05) is 24.6 Å². The van der Waals surface area contributed by atoms with Gasteiger partial charge in [-0.15, -0.1) is 0 Å². The van der Waals surface area contributed by atoms with E-state index in [0.29, 0.717) is 29.7 Å². The predicted octanol–water partition coefficient (Wildman–Crippen LogP) is 2.85. The fourth-order valence-corrected chi connectivity index (χ4v) is 3.69. The lowest BCUT2D eigenvalue weighted by molar-refractivity contribution is 0.0910. The first kappa shape index (κ1) is 15.5. The van der Waals surface area contributed by atoms with Gasteiger partial charge in [0.25, 0.3) is 5.91 Å². The summed E-state index contributed by atoms with van der Waals surface area (Å²) < 4.78 is 7.83. The molecule has 3 heterocycles. The molecule has 2 aliphatic heterocycles. The highest BCUT2D eigenvalue weighted by Gasteiger charge is 2.25. The minimum absolute atomic E-state index is 0.0949. The van der Waals surface area contributed by atoms with Crippen molar-refractivity contribution in [1.29, 1.82) is 0 Å². The largest absolute Gasteiger partial charge is 0.491 e. The summed E-state index contributed by atoms with van der Waals surface area (Å²) in [4.78, 5) is 17.0. The van der Waals surface area contributed by atoms with Crippen LogP contribution < -0.4 is 10.1 Å². The Kier molecular flexibility index (Phi) is 3.96. The molecule has 0 saturated carbocycles. The molecule has 0 aliphatic carbocycles. The molecule has 2 atom stereocenters. The fourth-order valence-electron chi connectivity index (χ4n) is 3.44. The molecule has 2 unspecified atom stereocenters. The maximum absolute atomic E-state index is 12.5. The Morgan fingerprint density at radius 3 is 3.21 bits per heavy atom. The summed E-state index contributed by atoms with van der Waals surface area (Å²) in [5, 5.41) is 3.70. The van der Waals surface area contributed by atoms with Crippen LogP contribution >= 0.6 is 11.6 Å². The number of carbonyl (C=O) groups is 1. The van der Waals surface area contributed by atoms with Crippen LogP contribution in [0.4, 0.5) is 0 Å². The van der Waals surface area contributed by atoms with Crippen molar-refractivity contribution in [3.05, 3.63) is 46.5 Å². The zero-order valence-electron chi connectivity index (χ0n) is 13.6. The lowest BCUT2D eigenvalue weighted by Gasteiger charge is -2.26. The van der Waals surface area contributed by atoms with Crippen molar-refractivity contribution < 1.29 is 9.53 Å². The third-order valence-electron chi connectivity index (χ3n) is 4.76. The summed E-state index contributed by atoms with van der Waals surface area (Å²) in [6.45, 7) is 3.61. The van der Waals surface area contributed by atoms with Gasteiger partial charge in [-0.2, -0.15) is 0 Å². The smallest absolute Gasteiger partial charge is 0.271 e. The van der Waals surface area contributed by atoms with Crippen molar-refractivity contribution in [3.8, 4) is 5.75 Å². The molecular weight excluding hydrogens is 326 g/mol. The van der Waals surface area contributed by atoms with Crippen molar-refractivity contribution in [2.45, 2.75) is 38.8 Å². The quantitative estimate of drug-likeness (QED) is 0.910. The van der Waals surface area contributed by atoms with E-state index in [-0.39, 0.29) is 11.9 Å². The lowest BCUT2D eigenvalue weighted by atomic mass is 10.0. The van der Waals surface area contributed by atoms with Crippen LogP contribution in [0.15, 0.2) is 24.4 Å². The second-order valence-corrected chi connectivity index (χ2v) is 7.15. The Bertz CT molecular complexity index is 787. The van der Waals surface area contributed by atoms with Gasteiger partial charge >= 0.3 is 0 Å². The van der Waals surface area contributed by atoms with Crippen molar-refractivity contribution in [2.24, 2.45) is 5.92 Å². The Morgan fingerprint density at radius 2 is 2.33 bits per heavy atom. The number of carbonyl (C=O) groups excluding carboxylic acids is 1. The third kappa shape index (κ3) is 2.88. The average molecular weight is 346 g/mol. The number of hydrogen-bond acceptors (Lipinski definition) is 3. The van der Waals surface area contributed by atoms with Gasteiger partial charge in [0, 0.05) is 36.2 Å². The van der Waals surface area contributed by atoms with E-state index in [0.717, 1.165) is 36.5 Å². The van der Waals surface area contributed by atoms with E-state index in [1.165, 1.54) is 0 Å². The van der Waals surface area contributed by atoms with Crippen molar-refractivity contribution in [2.75, 3.05) is 6.61 Å². The molecule has 1 amide bonds. The standard InChI is InChI=1S/C18H20ClN3O2/c1-11-5-6-17-21-15(9-22(17)8-11)18(23)20-12-7-13-14(19)3-2-4-16(13)24-10-12/h2-4,9,11-12H,5-8,10H2,1H3,(H,20,23). The molecule has 0 saturated heterocycles. The van der Waals surface area contributed by atoms with E-state index >= 15 is 0 Å². The van der Waals surface area contributed by atoms with Crippen LogP contribution in [0, 0.1) is 5.92 Å². The normalized spacial score (nSPS) is 22.2. The van der Waals surface area contributed by atoms with Crippen molar-refractivity contribution in [3.63, 3.8) is 0 Å². The third-order valence-corrected chi connectivity index (χ3v) is 5.12. The maximum atomic E-state index is 12.5. The number of aromatic nitrogens is 2. The van der Waals surface area contributed by atoms with Gasteiger partial charge in [0.2, 0.25) is 0 Å². The number of fused-ring (bicyclic) bond motifs is 2. The average Bonchev–Trinajstić information content (AvgIpc) is 2.99. The minimum Gasteiger partial charge on any atom is -0.491 e. The number of halogens is 1. The number of nitrogens with zero attached hydrogens (tertiary/aromatic N) is 2. The van der Waals surface area contributed by atoms with E-state index in [2.05, 4.69) is 21.8 Å². The minimum atomic E-state index is -0.145. The molecule has 0 bridgehead atoms. The Hall–Kier alpha value is -2.01. The molecule has 6 heteroatoms. The molecular formula is C18H20ClN3O2. The van der Waals surface area contributed by atoms with Gasteiger partial charge in [-0.3, -0.25) is 4.79 Å². The molecule has 2 aliphatic rings. The van der Waals surface area contributed by atoms with Crippen molar-refractivity contribution >= 4 is 17.5 Å².